The molecule has 1 rings (SSSR count). The van der Waals surface area contributed by atoms with Crippen LogP contribution in [0.1, 0.15) is 32.3 Å². The number of anilines is 1. The summed E-state index contributed by atoms with van der Waals surface area (Å²) in [6.07, 6.45) is -4.23. The van der Waals surface area contributed by atoms with Gasteiger partial charge < -0.3 is 10.0 Å². The van der Waals surface area contributed by atoms with E-state index in [0.29, 0.717) is 4.47 Å². The van der Waals surface area contributed by atoms with Gasteiger partial charge in [0, 0.05) is 23.5 Å². The van der Waals surface area contributed by atoms with Crippen molar-refractivity contribution in [2.45, 2.75) is 38.9 Å². The quantitative estimate of drug-likeness (QED) is 0.801. The number of hydrogen-bond donors (Lipinski definition) is 1. The van der Waals surface area contributed by atoms with Gasteiger partial charge in [-0.2, -0.15) is 13.2 Å². The van der Waals surface area contributed by atoms with Gasteiger partial charge in [0.15, 0.2) is 0 Å². The predicted molar refractivity (Wildman–Crippen MR) is 78.5 cm³/mol. The van der Waals surface area contributed by atoms with Gasteiger partial charge in [0.1, 0.15) is 0 Å². The van der Waals surface area contributed by atoms with Crippen LogP contribution in [0.4, 0.5) is 18.9 Å². The standard InChI is InChI=1S/C14H17BrF3NO2/c1-9(2)19(7-3-4-13(20)21)12-8-10(15)5-6-11(12)14(16,17)18/h5-6,8-9H,3-4,7H2,1-2H3,(H,20,21). The van der Waals surface area contributed by atoms with Gasteiger partial charge in [-0.3, -0.25) is 4.79 Å². The van der Waals surface area contributed by atoms with Crippen LogP contribution in [-0.4, -0.2) is 23.7 Å². The molecule has 0 aliphatic heterocycles. The van der Waals surface area contributed by atoms with Crippen LogP contribution in [0.2, 0.25) is 0 Å². The fourth-order valence-corrected chi connectivity index (χ4v) is 2.39. The lowest BCUT2D eigenvalue weighted by Gasteiger charge is -2.31. The first-order valence-electron chi connectivity index (χ1n) is 6.48. The Morgan fingerprint density at radius 2 is 2.00 bits per heavy atom. The van der Waals surface area contributed by atoms with Crippen LogP contribution in [0, 0.1) is 0 Å². The van der Waals surface area contributed by atoms with Crippen molar-refractivity contribution in [2.24, 2.45) is 0 Å². The van der Waals surface area contributed by atoms with Crippen LogP contribution in [0.5, 0.6) is 0 Å². The number of carbonyl (C=O) groups is 1. The SMILES string of the molecule is CC(C)N(CCCC(=O)O)c1cc(Br)ccc1C(F)(F)F. The van der Waals surface area contributed by atoms with E-state index in [2.05, 4.69) is 15.9 Å². The highest BCUT2D eigenvalue weighted by molar-refractivity contribution is 9.10. The average molecular weight is 368 g/mol. The van der Waals surface area contributed by atoms with Crippen molar-refractivity contribution in [3.05, 3.63) is 28.2 Å². The van der Waals surface area contributed by atoms with Gasteiger partial charge in [-0.1, -0.05) is 15.9 Å². The number of carboxylic acids is 1. The van der Waals surface area contributed by atoms with Gasteiger partial charge in [0.25, 0.3) is 0 Å². The van der Waals surface area contributed by atoms with Gasteiger partial charge in [-0.05, 0) is 38.5 Å². The number of benzene rings is 1. The predicted octanol–water partition coefficient (Wildman–Crippen LogP) is 4.55. The van der Waals surface area contributed by atoms with Gasteiger partial charge in [-0.25, -0.2) is 0 Å². The zero-order chi connectivity index (χ0) is 16.2. The molecule has 0 atom stereocenters. The van der Waals surface area contributed by atoms with E-state index >= 15 is 0 Å². The number of nitrogens with zero attached hydrogens (tertiary/aromatic N) is 1. The Bertz CT molecular complexity index is 503. The van der Waals surface area contributed by atoms with Gasteiger partial charge in [-0.15, -0.1) is 0 Å². The molecule has 0 unspecified atom stereocenters. The number of halogens is 4. The summed E-state index contributed by atoms with van der Waals surface area (Å²) in [4.78, 5) is 12.1. The fourth-order valence-electron chi connectivity index (χ4n) is 2.04. The summed E-state index contributed by atoms with van der Waals surface area (Å²) >= 11 is 3.18. The lowest BCUT2D eigenvalue weighted by atomic mass is 10.1. The molecule has 0 bridgehead atoms. The maximum atomic E-state index is 13.1. The maximum absolute atomic E-state index is 13.1. The smallest absolute Gasteiger partial charge is 0.418 e. The topological polar surface area (TPSA) is 40.5 Å². The van der Waals surface area contributed by atoms with Crippen molar-refractivity contribution in [1.82, 2.24) is 0 Å². The summed E-state index contributed by atoms with van der Waals surface area (Å²) in [6.45, 7) is 3.81. The Kier molecular flexibility index (Phi) is 6.07. The third-order valence-corrected chi connectivity index (χ3v) is 3.48. The van der Waals surface area contributed by atoms with E-state index in [4.69, 9.17) is 5.11 Å². The fraction of sp³-hybridized carbons (Fsp3) is 0.500. The summed E-state index contributed by atoms with van der Waals surface area (Å²) < 4.78 is 39.9. The second-order valence-corrected chi connectivity index (χ2v) is 5.86. The number of rotatable bonds is 6. The summed E-state index contributed by atoms with van der Waals surface area (Å²) in [5.41, 5.74) is -0.646. The Morgan fingerprint density at radius 3 is 2.48 bits per heavy atom. The van der Waals surface area contributed by atoms with E-state index in [1.54, 1.807) is 18.7 Å². The first kappa shape index (κ1) is 17.8. The highest BCUT2D eigenvalue weighted by Gasteiger charge is 2.35. The van der Waals surface area contributed by atoms with Gasteiger partial charge >= 0.3 is 12.1 Å². The number of carboxylic acid groups (broad SMARTS) is 1. The molecular weight excluding hydrogens is 351 g/mol. The molecule has 118 valence electrons. The van der Waals surface area contributed by atoms with Crippen molar-refractivity contribution in [3.8, 4) is 0 Å². The second-order valence-electron chi connectivity index (χ2n) is 4.94. The minimum absolute atomic E-state index is 0.0669. The first-order chi connectivity index (χ1) is 9.62. The van der Waals surface area contributed by atoms with E-state index < -0.39 is 17.7 Å². The van der Waals surface area contributed by atoms with Crippen molar-refractivity contribution < 1.29 is 23.1 Å². The molecular formula is C14H17BrF3NO2. The summed E-state index contributed by atoms with van der Waals surface area (Å²) in [7, 11) is 0. The first-order valence-corrected chi connectivity index (χ1v) is 7.27. The Morgan fingerprint density at radius 1 is 1.38 bits per heavy atom. The van der Waals surface area contributed by atoms with Crippen LogP contribution in [0.25, 0.3) is 0 Å². The highest BCUT2D eigenvalue weighted by Crippen LogP contribution is 2.38. The summed E-state index contributed by atoms with van der Waals surface area (Å²) in [5.74, 6) is -0.955. The van der Waals surface area contributed by atoms with Crippen molar-refractivity contribution in [3.63, 3.8) is 0 Å². The van der Waals surface area contributed by atoms with Gasteiger partial charge in [0.2, 0.25) is 0 Å². The zero-order valence-electron chi connectivity index (χ0n) is 11.7. The van der Waals surface area contributed by atoms with E-state index in [-0.39, 0.29) is 31.1 Å². The van der Waals surface area contributed by atoms with E-state index in [1.807, 2.05) is 0 Å². The number of hydrogen-bond acceptors (Lipinski definition) is 2. The Labute approximate surface area is 129 Å². The van der Waals surface area contributed by atoms with E-state index in [1.165, 1.54) is 12.1 Å². The minimum atomic E-state index is -4.45. The Hall–Kier alpha value is -1.24. The highest BCUT2D eigenvalue weighted by atomic mass is 79.9. The van der Waals surface area contributed by atoms with Crippen LogP contribution in [0.3, 0.4) is 0 Å². The normalized spacial score (nSPS) is 11.8. The molecule has 0 amide bonds. The van der Waals surface area contributed by atoms with E-state index in [0.717, 1.165) is 6.07 Å². The summed E-state index contributed by atoms with van der Waals surface area (Å²) in [5, 5.41) is 8.66. The van der Waals surface area contributed by atoms with Crippen molar-refractivity contribution >= 4 is 27.6 Å². The minimum Gasteiger partial charge on any atom is -0.481 e. The molecule has 0 heterocycles. The zero-order valence-corrected chi connectivity index (χ0v) is 13.3. The molecule has 7 heteroatoms. The van der Waals surface area contributed by atoms with Crippen LogP contribution < -0.4 is 4.90 Å². The second kappa shape index (κ2) is 7.15. The van der Waals surface area contributed by atoms with Crippen molar-refractivity contribution in [2.75, 3.05) is 11.4 Å². The molecule has 21 heavy (non-hydrogen) atoms. The molecule has 0 aliphatic rings. The molecule has 0 saturated heterocycles. The third kappa shape index (κ3) is 5.22. The molecule has 0 fully saturated rings. The number of alkyl halides is 3. The summed E-state index contributed by atoms with van der Waals surface area (Å²) in [6, 6.07) is 3.63. The molecule has 0 saturated carbocycles. The van der Waals surface area contributed by atoms with Crippen molar-refractivity contribution in [1.29, 1.82) is 0 Å². The molecule has 1 aromatic rings. The molecule has 0 radical (unpaired) electrons. The molecule has 1 aromatic carbocycles. The Balaban J connectivity index is 3.12. The lowest BCUT2D eigenvalue weighted by molar-refractivity contribution is -0.138. The molecule has 0 spiro atoms. The average Bonchev–Trinajstić information content (AvgIpc) is 2.32. The number of aliphatic carboxylic acids is 1. The molecule has 0 aromatic heterocycles. The van der Waals surface area contributed by atoms with Gasteiger partial charge in [0.05, 0.1) is 11.3 Å². The lowest BCUT2D eigenvalue weighted by Crippen LogP contribution is -2.33. The molecule has 1 N–H and O–H groups in total. The van der Waals surface area contributed by atoms with E-state index in [9.17, 15) is 18.0 Å². The maximum Gasteiger partial charge on any atom is 0.418 e. The van der Waals surface area contributed by atoms with Crippen LogP contribution in [-0.2, 0) is 11.0 Å². The monoisotopic (exact) mass is 367 g/mol. The van der Waals surface area contributed by atoms with Crippen LogP contribution in [0.15, 0.2) is 22.7 Å². The largest absolute Gasteiger partial charge is 0.481 e. The molecule has 3 nitrogen and oxygen atoms in total. The third-order valence-electron chi connectivity index (χ3n) is 2.99. The van der Waals surface area contributed by atoms with Crippen LogP contribution >= 0.6 is 15.9 Å². The molecule has 0 aliphatic carbocycles.